The van der Waals surface area contributed by atoms with Gasteiger partial charge in [0.25, 0.3) is 5.91 Å². The number of nitrogens with zero attached hydrogens (tertiary/aromatic N) is 1. The first-order valence-corrected chi connectivity index (χ1v) is 5.65. The van der Waals surface area contributed by atoms with Crippen molar-refractivity contribution in [3.63, 3.8) is 0 Å². The SMILES string of the molecule is CC(C)(C)N(CC(=O)O)C(=O)c1ccc(O)cc1F. The third kappa shape index (κ3) is 3.67. The van der Waals surface area contributed by atoms with Gasteiger partial charge in [0.15, 0.2) is 0 Å². The molecule has 0 heterocycles. The standard InChI is InChI=1S/C13H16FNO4/c1-13(2,3)15(7-11(17)18)12(19)9-5-4-8(16)6-10(9)14/h4-6,16H,7H2,1-3H3,(H,17,18). The molecule has 0 aliphatic rings. The number of carboxylic acid groups (broad SMARTS) is 1. The third-order valence-electron chi connectivity index (χ3n) is 2.53. The molecule has 0 aliphatic carbocycles. The Hall–Kier alpha value is -2.11. The molecule has 1 amide bonds. The van der Waals surface area contributed by atoms with Gasteiger partial charge in [-0.3, -0.25) is 9.59 Å². The molecule has 1 aromatic rings. The monoisotopic (exact) mass is 269 g/mol. The number of aliphatic carboxylic acids is 1. The molecule has 0 fully saturated rings. The molecule has 0 unspecified atom stereocenters. The van der Waals surface area contributed by atoms with Gasteiger partial charge in [0, 0.05) is 11.6 Å². The van der Waals surface area contributed by atoms with Crippen LogP contribution in [0.5, 0.6) is 5.75 Å². The molecular weight excluding hydrogens is 253 g/mol. The van der Waals surface area contributed by atoms with Gasteiger partial charge >= 0.3 is 5.97 Å². The van der Waals surface area contributed by atoms with Crippen LogP contribution >= 0.6 is 0 Å². The fourth-order valence-corrected chi connectivity index (χ4v) is 1.57. The molecule has 1 aromatic carbocycles. The van der Waals surface area contributed by atoms with Crippen LogP contribution in [0.1, 0.15) is 31.1 Å². The van der Waals surface area contributed by atoms with Gasteiger partial charge in [-0.25, -0.2) is 4.39 Å². The molecule has 0 atom stereocenters. The van der Waals surface area contributed by atoms with Crippen LogP contribution in [0, 0.1) is 5.82 Å². The summed E-state index contributed by atoms with van der Waals surface area (Å²) in [5.41, 5.74) is -1.03. The molecule has 0 saturated carbocycles. The second-order valence-corrected chi connectivity index (χ2v) is 5.12. The highest BCUT2D eigenvalue weighted by atomic mass is 19.1. The van der Waals surface area contributed by atoms with Crippen LogP contribution in [0.4, 0.5) is 4.39 Å². The first-order chi connectivity index (χ1) is 8.62. The zero-order chi connectivity index (χ0) is 14.8. The highest BCUT2D eigenvalue weighted by molar-refractivity contribution is 5.96. The van der Waals surface area contributed by atoms with Crippen molar-refractivity contribution in [2.24, 2.45) is 0 Å². The van der Waals surface area contributed by atoms with Crippen molar-refractivity contribution in [3.05, 3.63) is 29.6 Å². The Morgan fingerprint density at radius 2 is 1.89 bits per heavy atom. The summed E-state index contributed by atoms with van der Waals surface area (Å²) in [6.45, 7) is 4.45. The van der Waals surface area contributed by atoms with Gasteiger partial charge in [0.2, 0.25) is 0 Å². The van der Waals surface area contributed by atoms with Crippen LogP contribution in [-0.2, 0) is 4.79 Å². The van der Waals surface area contributed by atoms with Gasteiger partial charge in [-0.15, -0.1) is 0 Å². The maximum Gasteiger partial charge on any atom is 0.323 e. The first kappa shape index (κ1) is 14.9. The third-order valence-corrected chi connectivity index (χ3v) is 2.53. The Kier molecular flexibility index (Phi) is 4.14. The molecule has 2 N–H and O–H groups in total. The predicted octanol–water partition coefficient (Wildman–Crippen LogP) is 1.86. The summed E-state index contributed by atoms with van der Waals surface area (Å²) in [4.78, 5) is 24.1. The number of carbonyl (C=O) groups is 2. The van der Waals surface area contributed by atoms with Crippen molar-refractivity contribution < 1.29 is 24.2 Å². The normalized spacial score (nSPS) is 11.2. The van der Waals surface area contributed by atoms with Gasteiger partial charge in [-0.2, -0.15) is 0 Å². The highest BCUT2D eigenvalue weighted by Crippen LogP contribution is 2.21. The average Bonchev–Trinajstić information content (AvgIpc) is 2.23. The molecule has 0 saturated heterocycles. The molecule has 5 nitrogen and oxygen atoms in total. The number of aromatic hydroxyl groups is 1. The number of hydrogen-bond acceptors (Lipinski definition) is 3. The quantitative estimate of drug-likeness (QED) is 0.878. The van der Waals surface area contributed by atoms with E-state index in [0.29, 0.717) is 0 Å². The van der Waals surface area contributed by atoms with Crippen LogP contribution in [0.15, 0.2) is 18.2 Å². The summed E-state index contributed by atoms with van der Waals surface area (Å²) in [6, 6.07) is 3.13. The van der Waals surface area contributed by atoms with Crippen molar-refractivity contribution in [3.8, 4) is 5.75 Å². The van der Waals surface area contributed by atoms with E-state index >= 15 is 0 Å². The molecule has 19 heavy (non-hydrogen) atoms. The van der Waals surface area contributed by atoms with E-state index in [-0.39, 0.29) is 11.3 Å². The van der Waals surface area contributed by atoms with Crippen LogP contribution in [0.25, 0.3) is 0 Å². The maximum atomic E-state index is 13.6. The number of hydrogen-bond donors (Lipinski definition) is 2. The van der Waals surface area contributed by atoms with Crippen molar-refractivity contribution >= 4 is 11.9 Å². The van der Waals surface area contributed by atoms with Gasteiger partial charge in [0.05, 0.1) is 5.56 Å². The fraction of sp³-hybridized carbons (Fsp3) is 0.385. The Morgan fingerprint density at radius 1 is 1.32 bits per heavy atom. The number of carbonyl (C=O) groups excluding carboxylic acids is 1. The zero-order valence-electron chi connectivity index (χ0n) is 11.0. The number of phenolic OH excluding ortho intramolecular Hbond substituents is 1. The van der Waals surface area contributed by atoms with Crippen LogP contribution in [0.3, 0.4) is 0 Å². The van der Waals surface area contributed by atoms with Crippen LogP contribution in [0.2, 0.25) is 0 Å². The van der Waals surface area contributed by atoms with Crippen molar-refractivity contribution in [1.29, 1.82) is 0 Å². The summed E-state index contributed by atoms with van der Waals surface area (Å²) in [7, 11) is 0. The van der Waals surface area contributed by atoms with E-state index in [9.17, 15) is 14.0 Å². The number of phenols is 1. The molecule has 0 aliphatic heterocycles. The van der Waals surface area contributed by atoms with Crippen LogP contribution in [-0.4, -0.2) is 39.1 Å². The smallest absolute Gasteiger partial charge is 0.323 e. The lowest BCUT2D eigenvalue weighted by Gasteiger charge is -2.34. The summed E-state index contributed by atoms with van der Waals surface area (Å²) in [6.07, 6.45) is 0. The predicted molar refractivity (Wildman–Crippen MR) is 66.5 cm³/mol. The summed E-state index contributed by atoms with van der Waals surface area (Å²) >= 11 is 0. The minimum absolute atomic E-state index is 0.269. The van der Waals surface area contributed by atoms with Crippen LogP contribution < -0.4 is 0 Å². The van der Waals surface area contributed by atoms with Gasteiger partial charge < -0.3 is 15.1 Å². The maximum absolute atomic E-state index is 13.6. The molecule has 0 radical (unpaired) electrons. The molecule has 104 valence electrons. The Bertz CT molecular complexity index is 508. The lowest BCUT2D eigenvalue weighted by molar-refractivity contribution is -0.138. The molecule has 1 rings (SSSR count). The molecule has 0 bridgehead atoms. The van der Waals surface area contributed by atoms with E-state index in [1.54, 1.807) is 20.8 Å². The zero-order valence-corrected chi connectivity index (χ0v) is 11.0. The summed E-state index contributed by atoms with van der Waals surface area (Å²) in [5.74, 6) is -3.09. The number of amides is 1. The minimum Gasteiger partial charge on any atom is -0.508 e. The number of halogens is 1. The fourth-order valence-electron chi connectivity index (χ4n) is 1.57. The summed E-state index contributed by atoms with van der Waals surface area (Å²) in [5, 5.41) is 17.9. The van der Waals surface area contributed by atoms with Gasteiger partial charge in [-0.05, 0) is 32.9 Å². The number of benzene rings is 1. The second-order valence-electron chi connectivity index (χ2n) is 5.12. The van der Waals surface area contributed by atoms with E-state index in [4.69, 9.17) is 10.2 Å². The molecular formula is C13H16FNO4. The molecule has 0 spiro atoms. The number of rotatable bonds is 3. The van der Waals surface area contributed by atoms with E-state index in [2.05, 4.69) is 0 Å². The lowest BCUT2D eigenvalue weighted by atomic mass is 10.0. The average molecular weight is 269 g/mol. The topological polar surface area (TPSA) is 77.8 Å². The van der Waals surface area contributed by atoms with Gasteiger partial charge in [-0.1, -0.05) is 0 Å². The highest BCUT2D eigenvalue weighted by Gasteiger charge is 2.30. The lowest BCUT2D eigenvalue weighted by Crippen LogP contribution is -2.48. The molecule has 0 aromatic heterocycles. The van der Waals surface area contributed by atoms with Crippen molar-refractivity contribution in [2.75, 3.05) is 6.54 Å². The summed E-state index contributed by atoms with van der Waals surface area (Å²) < 4.78 is 13.6. The van der Waals surface area contributed by atoms with Gasteiger partial charge in [0.1, 0.15) is 18.1 Å². The first-order valence-electron chi connectivity index (χ1n) is 5.65. The molecule has 6 heteroatoms. The Labute approximate surface area is 110 Å². The van der Waals surface area contributed by atoms with E-state index in [0.717, 1.165) is 17.0 Å². The van der Waals surface area contributed by atoms with Crippen molar-refractivity contribution in [1.82, 2.24) is 4.90 Å². The van der Waals surface area contributed by atoms with Crippen molar-refractivity contribution in [2.45, 2.75) is 26.3 Å². The van der Waals surface area contributed by atoms with E-state index in [1.165, 1.54) is 6.07 Å². The minimum atomic E-state index is -1.18. The largest absolute Gasteiger partial charge is 0.508 e. The van der Waals surface area contributed by atoms with E-state index in [1.807, 2.05) is 0 Å². The Balaban J connectivity index is 3.16. The second kappa shape index (κ2) is 5.26. The number of carboxylic acids is 1. The van der Waals surface area contributed by atoms with E-state index < -0.39 is 29.8 Å². The Morgan fingerprint density at radius 3 is 2.32 bits per heavy atom.